The van der Waals surface area contributed by atoms with Gasteiger partial charge in [-0.2, -0.15) is 0 Å². The van der Waals surface area contributed by atoms with Gasteiger partial charge in [-0.1, -0.05) is 37.6 Å². The van der Waals surface area contributed by atoms with Gasteiger partial charge in [0.05, 0.1) is 0 Å². The first-order chi connectivity index (χ1) is 6.66. The van der Waals surface area contributed by atoms with E-state index in [1.54, 1.807) is 0 Å². The maximum atomic E-state index is 5.92. The van der Waals surface area contributed by atoms with Gasteiger partial charge in [0, 0.05) is 22.8 Å². The molecule has 0 aromatic heterocycles. The van der Waals surface area contributed by atoms with Crippen molar-refractivity contribution in [1.29, 1.82) is 0 Å². The first kappa shape index (κ1) is 9.60. The molecule has 1 N–H and O–H groups in total. The van der Waals surface area contributed by atoms with Gasteiger partial charge in [0.25, 0.3) is 0 Å². The molecule has 1 heterocycles. The second-order valence-electron chi connectivity index (χ2n) is 3.98. The normalized spacial score (nSPS) is 17.3. The highest BCUT2D eigenvalue weighted by molar-refractivity contribution is 6.31. The summed E-state index contributed by atoms with van der Waals surface area (Å²) in [5.74, 6) is 0.591. The van der Waals surface area contributed by atoms with Gasteiger partial charge in [0.15, 0.2) is 0 Å². The van der Waals surface area contributed by atoms with Crippen molar-refractivity contribution in [2.45, 2.75) is 13.8 Å². The van der Waals surface area contributed by atoms with E-state index >= 15 is 0 Å². The van der Waals surface area contributed by atoms with Crippen LogP contribution in [-0.4, -0.2) is 6.54 Å². The molecule has 0 amide bonds. The van der Waals surface area contributed by atoms with Gasteiger partial charge >= 0.3 is 0 Å². The van der Waals surface area contributed by atoms with Crippen LogP contribution in [0.4, 0.5) is 5.69 Å². The molecule has 1 aromatic carbocycles. The van der Waals surface area contributed by atoms with E-state index in [1.807, 2.05) is 12.1 Å². The Labute approximate surface area is 89.8 Å². The fourth-order valence-electron chi connectivity index (χ4n) is 1.78. The largest absolute Gasteiger partial charge is 0.380 e. The molecule has 0 spiro atoms. The minimum Gasteiger partial charge on any atom is -0.380 e. The molecular weight excluding hydrogens is 194 g/mol. The fourth-order valence-corrected chi connectivity index (χ4v) is 1.95. The molecule has 0 unspecified atom stereocenters. The van der Waals surface area contributed by atoms with E-state index in [-0.39, 0.29) is 0 Å². The SMILES string of the molecule is CC(C)/C=C1\CNc2cc(Cl)ccc21. The predicted octanol–water partition coefficient (Wildman–Crippen LogP) is 3.80. The monoisotopic (exact) mass is 207 g/mol. The van der Waals surface area contributed by atoms with E-state index in [2.05, 4.69) is 31.3 Å². The van der Waals surface area contributed by atoms with Crippen LogP contribution in [0.2, 0.25) is 5.02 Å². The van der Waals surface area contributed by atoms with Crippen molar-refractivity contribution >= 4 is 22.9 Å². The maximum Gasteiger partial charge on any atom is 0.0434 e. The van der Waals surface area contributed by atoms with Crippen molar-refractivity contribution in [3.63, 3.8) is 0 Å². The number of halogens is 1. The zero-order valence-electron chi connectivity index (χ0n) is 8.47. The Morgan fingerprint density at radius 2 is 2.21 bits per heavy atom. The molecule has 0 aliphatic carbocycles. The minimum atomic E-state index is 0.591. The summed E-state index contributed by atoms with van der Waals surface area (Å²) in [7, 11) is 0. The molecule has 0 saturated carbocycles. The van der Waals surface area contributed by atoms with Crippen molar-refractivity contribution in [3.8, 4) is 0 Å². The molecule has 0 atom stereocenters. The lowest BCUT2D eigenvalue weighted by atomic mass is 10.0. The maximum absolute atomic E-state index is 5.92. The molecule has 1 aliphatic heterocycles. The lowest BCUT2D eigenvalue weighted by Crippen LogP contribution is -1.92. The first-order valence-electron chi connectivity index (χ1n) is 4.91. The van der Waals surface area contributed by atoms with Crippen molar-refractivity contribution < 1.29 is 0 Å². The molecule has 1 nitrogen and oxygen atoms in total. The topological polar surface area (TPSA) is 12.0 Å². The van der Waals surface area contributed by atoms with E-state index in [0.717, 1.165) is 17.3 Å². The molecule has 1 aromatic rings. The van der Waals surface area contributed by atoms with Crippen LogP contribution >= 0.6 is 11.6 Å². The van der Waals surface area contributed by atoms with Gasteiger partial charge in [-0.3, -0.25) is 0 Å². The number of benzene rings is 1. The molecule has 1 aliphatic rings. The van der Waals surface area contributed by atoms with Crippen molar-refractivity contribution in [2.24, 2.45) is 5.92 Å². The van der Waals surface area contributed by atoms with Gasteiger partial charge in [-0.15, -0.1) is 0 Å². The molecule has 74 valence electrons. The Kier molecular flexibility index (Phi) is 2.51. The highest BCUT2D eigenvalue weighted by Gasteiger charge is 2.15. The van der Waals surface area contributed by atoms with Crippen LogP contribution in [-0.2, 0) is 0 Å². The predicted molar refractivity (Wildman–Crippen MR) is 62.8 cm³/mol. The van der Waals surface area contributed by atoms with E-state index in [9.17, 15) is 0 Å². The highest BCUT2D eigenvalue weighted by atomic mass is 35.5. The van der Waals surface area contributed by atoms with E-state index in [0.29, 0.717) is 5.92 Å². The van der Waals surface area contributed by atoms with Crippen molar-refractivity contribution in [2.75, 3.05) is 11.9 Å². The Balaban J connectivity index is 2.40. The second-order valence-corrected chi connectivity index (χ2v) is 4.42. The number of rotatable bonds is 1. The quantitative estimate of drug-likeness (QED) is 0.739. The molecule has 2 rings (SSSR count). The van der Waals surface area contributed by atoms with Gasteiger partial charge in [-0.25, -0.2) is 0 Å². The fraction of sp³-hybridized carbons (Fsp3) is 0.333. The van der Waals surface area contributed by atoms with Crippen molar-refractivity contribution in [3.05, 3.63) is 34.9 Å². The summed E-state index contributed by atoms with van der Waals surface area (Å²) in [5, 5.41) is 4.14. The lowest BCUT2D eigenvalue weighted by molar-refractivity contribution is 0.833. The summed E-state index contributed by atoms with van der Waals surface area (Å²) in [5.41, 5.74) is 3.83. The number of nitrogens with one attached hydrogen (secondary N) is 1. The summed E-state index contributed by atoms with van der Waals surface area (Å²) in [6, 6.07) is 6.02. The molecule has 0 fully saturated rings. The molecular formula is C12H14ClN. The molecule has 0 bridgehead atoms. The first-order valence-corrected chi connectivity index (χ1v) is 5.29. The van der Waals surface area contributed by atoms with Gasteiger partial charge in [0.1, 0.15) is 0 Å². The Morgan fingerprint density at radius 3 is 2.93 bits per heavy atom. The smallest absolute Gasteiger partial charge is 0.0434 e. The average molecular weight is 208 g/mol. The third kappa shape index (κ3) is 1.78. The summed E-state index contributed by atoms with van der Waals surface area (Å²) in [6.45, 7) is 5.32. The minimum absolute atomic E-state index is 0.591. The second kappa shape index (κ2) is 3.66. The Bertz CT molecular complexity index is 380. The molecule has 14 heavy (non-hydrogen) atoms. The molecule has 0 saturated heterocycles. The number of anilines is 1. The van der Waals surface area contributed by atoms with Crippen LogP contribution in [0.3, 0.4) is 0 Å². The summed E-state index contributed by atoms with van der Waals surface area (Å²) >= 11 is 5.92. The number of hydrogen-bond acceptors (Lipinski definition) is 1. The summed E-state index contributed by atoms with van der Waals surface area (Å²) in [4.78, 5) is 0. The van der Waals surface area contributed by atoms with Gasteiger partial charge < -0.3 is 5.32 Å². The van der Waals surface area contributed by atoms with Gasteiger partial charge in [0.2, 0.25) is 0 Å². The average Bonchev–Trinajstić information content (AvgIpc) is 2.47. The van der Waals surface area contributed by atoms with Crippen LogP contribution < -0.4 is 5.32 Å². The zero-order chi connectivity index (χ0) is 10.1. The van der Waals surface area contributed by atoms with E-state index < -0.39 is 0 Å². The Morgan fingerprint density at radius 1 is 1.43 bits per heavy atom. The van der Waals surface area contributed by atoms with Gasteiger partial charge in [-0.05, 0) is 23.6 Å². The molecule has 2 heteroatoms. The number of allylic oxidation sites excluding steroid dienone is 1. The standard InChI is InChI=1S/C12H14ClN/c1-8(2)5-9-7-14-12-6-10(13)3-4-11(9)12/h3-6,8,14H,7H2,1-2H3/b9-5+. The Hall–Kier alpha value is -0.950. The third-order valence-electron chi connectivity index (χ3n) is 2.33. The molecule has 0 radical (unpaired) electrons. The number of fused-ring (bicyclic) bond motifs is 1. The van der Waals surface area contributed by atoms with E-state index in [1.165, 1.54) is 11.1 Å². The highest BCUT2D eigenvalue weighted by Crippen LogP contribution is 2.33. The summed E-state index contributed by atoms with van der Waals surface area (Å²) < 4.78 is 0. The van der Waals surface area contributed by atoms with Crippen LogP contribution in [0.5, 0.6) is 0 Å². The van der Waals surface area contributed by atoms with Crippen LogP contribution in [0, 0.1) is 5.92 Å². The summed E-state index contributed by atoms with van der Waals surface area (Å²) in [6.07, 6.45) is 2.30. The van der Waals surface area contributed by atoms with Crippen LogP contribution in [0.25, 0.3) is 5.57 Å². The third-order valence-corrected chi connectivity index (χ3v) is 2.57. The van der Waals surface area contributed by atoms with Crippen LogP contribution in [0.1, 0.15) is 19.4 Å². The zero-order valence-corrected chi connectivity index (χ0v) is 9.23. The van der Waals surface area contributed by atoms with E-state index in [4.69, 9.17) is 11.6 Å². The lowest BCUT2D eigenvalue weighted by Gasteiger charge is -2.01. The number of hydrogen-bond donors (Lipinski definition) is 1. The van der Waals surface area contributed by atoms with Crippen LogP contribution in [0.15, 0.2) is 24.3 Å². The van der Waals surface area contributed by atoms with Crippen molar-refractivity contribution in [1.82, 2.24) is 0 Å².